The molecule has 2 atom stereocenters. The molecule has 0 fully saturated rings. The minimum Gasteiger partial charge on any atom is -0.380 e. The van der Waals surface area contributed by atoms with E-state index in [2.05, 4.69) is 64.2 Å². The topological polar surface area (TPSA) is 21.3 Å². The van der Waals surface area contributed by atoms with Gasteiger partial charge in [-0.05, 0) is 31.7 Å². The second-order valence-corrected chi connectivity index (χ2v) is 5.55. The quantitative estimate of drug-likeness (QED) is 0.762. The summed E-state index contributed by atoms with van der Waals surface area (Å²) in [6.45, 7) is 12.5. The second kappa shape index (κ2) is 8.34. The molecule has 0 aromatic heterocycles. The lowest BCUT2D eigenvalue weighted by molar-refractivity contribution is 0.103. The van der Waals surface area contributed by atoms with E-state index in [9.17, 15) is 0 Å². The van der Waals surface area contributed by atoms with Crippen LogP contribution in [-0.2, 0) is 4.74 Å². The van der Waals surface area contributed by atoms with E-state index in [-0.39, 0.29) is 0 Å². The first kappa shape index (κ1) is 16.2. The SMILES string of the molecule is CCOCC(NC(CC)c1ccc(C)cc1)C(C)C. The zero-order chi connectivity index (χ0) is 14.3. The van der Waals surface area contributed by atoms with Crippen LogP contribution >= 0.6 is 0 Å². The van der Waals surface area contributed by atoms with Crippen molar-refractivity contribution in [3.63, 3.8) is 0 Å². The van der Waals surface area contributed by atoms with Crippen LogP contribution in [0.15, 0.2) is 24.3 Å². The Balaban J connectivity index is 2.70. The maximum absolute atomic E-state index is 5.59. The molecule has 19 heavy (non-hydrogen) atoms. The van der Waals surface area contributed by atoms with Crippen molar-refractivity contribution in [1.29, 1.82) is 0 Å². The highest BCUT2D eigenvalue weighted by Crippen LogP contribution is 2.19. The molecule has 2 heteroatoms. The maximum atomic E-state index is 5.59. The van der Waals surface area contributed by atoms with Crippen molar-refractivity contribution in [3.8, 4) is 0 Å². The molecule has 0 bridgehead atoms. The number of hydrogen-bond acceptors (Lipinski definition) is 2. The molecule has 0 amide bonds. The fourth-order valence-electron chi connectivity index (χ4n) is 2.18. The molecule has 2 unspecified atom stereocenters. The van der Waals surface area contributed by atoms with Gasteiger partial charge in [0.1, 0.15) is 0 Å². The molecule has 0 aliphatic heterocycles. The van der Waals surface area contributed by atoms with E-state index < -0.39 is 0 Å². The van der Waals surface area contributed by atoms with Crippen LogP contribution in [0.3, 0.4) is 0 Å². The summed E-state index contributed by atoms with van der Waals surface area (Å²) in [6, 6.07) is 9.65. The van der Waals surface area contributed by atoms with Crippen molar-refractivity contribution >= 4 is 0 Å². The summed E-state index contributed by atoms with van der Waals surface area (Å²) in [5, 5.41) is 3.75. The summed E-state index contributed by atoms with van der Waals surface area (Å²) in [7, 11) is 0. The maximum Gasteiger partial charge on any atom is 0.0622 e. The normalized spacial score (nSPS) is 14.6. The lowest BCUT2D eigenvalue weighted by Crippen LogP contribution is -2.40. The van der Waals surface area contributed by atoms with Crippen molar-refractivity contribution < 1.29 is 4.74 Å². The summed E-state index contributed by atoms with van der Waals surface area (Å²) in [4.78, 5) is 0. The highest BCUT2D eigenvalue weighted by atomic mass is 16.5. The minimum atomic E-state index is 0.409. The van der Waals surface area contributed by atoms with Gasteiger partial charge in [0.2, 0.25) is 0 Å². The van der Waals surface area contributed by atoms with Gasteiger partial charge in [0, 0.05) is 18.7 Å². The van der Waals surface area contributed by atoms with Crippen LogP contribution in [0.4, 0.5) is 0 Å². The molecule has 1 aromatic rings. The smallest absolute Gasteiger partial charge is 0.0622 e. The lowest BCUT2D eigenvalue weighted by atomic mass is 9.98. The summed E-state index contributed by atoms with van der Waals surface area (Å²) >= 11 is 0. The Hall–Kier alpha value is -0.860. The van der Waals surface area contributed by atoms with Crippen LogP contribution in [0.2, 0.25) is 0 Å². The number of ether oxygens (including phenoxy) is 1. The Labute approximate surface area is 118 Å². The fourth-order valence-corrected chi connectivity index (χ4v) is 2.18. The van der Waals surface area contributed by atoms with Crippen LogP contribution in [-0.4, -0.2) is 19.3 Å². The van der Waals surface area contributed by atoms with Gasteiger partial charge in [-0.1, -0.05) is 50.6 Å². The molecule has 1 N–H and O–H groups in total. The second-order valence-electron chi connectivity index (χ2n) is 5.55. The average molecular weight is 263 g/mol. The molecule has 0 radical (unpaired) electrons. The number of hydrogen-bond donors (Lipinski definition) is 1. The van der Waals surface area contributed by atoms with E-state index in [1.807, 2.05) is 0 Å². The van der Waals surface area contributed by atoms with Crippen LogP contribution in [0, 0.1) is 12.8 Å². The summed E-state index contributed by atoms with van der Waals surface area (Å²) < 4.78 is 5.59. The Morgan fingerprint density at radius 3 is 2.21 bits per heavy atom. The van der Waals surface area contributed by atoms with Gasteiger partial charge in [-0.25, -0.2) is 0 Å². The van der Waals surface area contributed by atoms with Crippen LogP contribution < -0.4 is 5.32 Å². The predicted molar refractivity (Wildman–Crippen MR) is 82.5 cm³/mol. The first-order chi connectivity index (χ1) is 9.08. The van der Waals surface area contributed by atoms with Crippen molar-refractivity contribution in [2.24, 2.45) is 5.92 Å². The molecule has 1 aromatic carbocycles. The van der Waals surface area contributed by atoms with Crippen LogP contribution in [0.25, 0.3) is 0 Å². The number of aryl methyl sites for hydroxylation is 1. The number of benzene rings is 1. The summed E-state index contributed by atoms with van der Waals surface area (Å²) in [5.74, 6) is 0.575. The highest BCUT2D eigenvalue weighted by molar-refractivity contribution is 5.24. The predicted octanol–water partition coefficient (Wildman–Crippen LogP) is 4.10. The number of rotatable bonds is 8. The first-order valence-corrected chi connectivity index (χ1v) is 7.48. The molecule has 2 nitrogen and oxygen atoms in total. The van der Waals surface area contributed by atoms with Crippen LogP contribution in [0.5, 0.6) is 0 Å². The highest BCUT2D eigenvalue weighted by Gasteiger charge is 2.18. The third-order valence-corrected chi connectivity index (χ3v) is 3.61. The minimum absolute atomic E-state index is 0.409. The fraction of sp³-hybridized carbons (Fsp3) is 0.647. The van der Waals surface area contributed by atoms with Gasteiger partial charge in [0.25, 0.3) is 0 Å². The first-order valence-electron chi connectivity index (χ1n) is 7.48. The van der Waals surface area contributed by atoms with E-state index in [1.165, 1.54) is 11.1 Å². The Morgan fingerprint density at radius 2 is 1.74 bits per heavy atom. The lowest BCUT2D eigenvalue weighted by Gasteiger charge is -2.28. The van der Waals surface area contributed by atoms with Crippen LogP contribution in [0.1, 0.15) is 51.3 Å². The Morgan fingerprint density at radius 1 is 1.11 bits per heavy atom. The zero-order valence-electron chi connectivity index (χ0n) is 13.1. The van der Waals surface area contributed by atoms with Crippen molar-refractivity contribution in [3.05, 3.63) is 35.4 Å². The molecular weight excluding hydrogens is 234 g/mol. The largest absolute Gasteiger partial charge is 0.380 e. The van der Waals surface area contributed by atoms with E-state index in [1.54, 1.807) is 0 Å². The summed E-state index contributed by atoms with van der Waals surface area (Å²) in [6.07, 6.45) is 1.10. The molecule has 1 rings (SSSR count). The summed E-state index contributed by atoms with van der Waals surface area (Å²) in [5.41, 5.74) is 2.68. The van der Waals surface area contributed by atoms with Gasteiger partial charge >= 0.3 is 0 Å². The third kappa shape index (κ3) is 5.33. The van der Waals surface area contributed by atoms with Gasteiger partial charge in [-0.3, -0.25) is 0 Å². The van der Waals surface area contributed by atoms with Crippen molar-refractivity contribution in [1.82, 2.24) is 5.32 Å². The average Bonchev–Trinajstić information content (AvgIpc) is 2.40. The van der Waals surface area contributed by atoms with Gasteiger partial charge in [-0.2, -0.15) is 0 Å². The Kier molecular flexibility index (Phi) is 7.11. The third-order valence-electron chi connectivity index (χ3n) is 3.61. The van der Waals surface area contributed by atoms with E-state index in [0.29, 0.717) is 18.0 Å². The van der Waals surface area contributed by atoms with Gasteiger partial charge in [-0.15, -0.1) is 0 Å². The van der Waals surface area contributed by atoms with E-state index in [0.717, 1.165) is 19.6 Å². The molecule has 0 aliphatic carbocycles. The monoisotopic (exact) mass is 263 g/mol. The Bertz CT molecular complexity index is 345. The molecule has 0 saturated carbocycles. The van der Waals surface area contributed by atoms with E-state index in [4.69, 9.17) is 4.74 Å². The van der Waals surface area contributed by atoms with E-state index >= 15 is 0 Å². The molecule has 108 valence electrons. The van der Waals surface area contributed by atoms with Gasteiger partial charge in [0.05, 0.1) is 6.61 Å². The number of nitrogens with one attached hydrogen (secondary N) is 1. The molecule has 0 heterocycles. The molecule has 0 spiro atoms. The zero-order valence-corrected chi connectivity index (χ0v) is 13.1. The molecule has 0 saturated heterocycles. The molecule has 0 aliphatic rings. The van der Waals surface area contributed by atoms with Gasteiger partial charge in [0.15, 0.2) is 0 Å². The molecular formula is C17H29NO. The van der Waals surface area contributed by atoms with Crippen molar-refractivity contribution in [2.45, 2.75) is 53.1 Å². The van der Waals surface area contributed by atoms with Crippen molar-refractivity contribution in [2.75, 3.05) is 13.2 Å². The standard InChI is InChI=1S/C17H29NO/c1-6-16(15-10-8-14(5)9-11-15)18-17(13(3)4)12-19-7-2/h8-11,13,16-18H,6-7,12H2,1-5H3. The van der Waals surface area contributed by atoms with Gasteiger partial charge < -0.3 is 10.1 Å².